The first kappa shape index (κ1) is 16.6. The standard InChI is InChI=1S/C13H17N5O6P/c1-3-21-10-7-9(16-12(14)17-10)18(5-15-7)11-13(2,19)8-6(23-11)4-22-25(20)24-8/h5-6,8,11,19H,3-4H2,1-2H3,(H2,14,16,17)/q+1/t6-,8-,11-,13-/m1/s1. The van der Waals surface area contributed by atoms with Gasteiger partial charge in [-0.15, -0.1) is 9.05 Å². The number of fused-ring (bicyclic) bond motifs is 2. The van der Waals surface area contributed by atoms with Crippen LogP contribution in [-0.2, 0) is 18.3 Å². The summed E-state index contributed by atoms with van der Waals surface area (Å²) in [6.45, 7) is 3.80. The van der Waals surface area contributed by atoms with Gasteiger partial charge >= 0.3 is 8.25 Å². The Kier molecular flexibility index (Phi) is 3.85. The number of anilines is 1. The molecule has 0 bridgehead atoms. The van der Waals surface area contributed by atoms with Crippen LogP contribution >= 0.6 is 8.25 Å². The lowest BCUT2D eigenvalue weighted by atomic mass is 9.96. The lowest BCUT2D eigenvalue weighted by molar-refractivity contribution is -0.0884. The molecule has 0 radical (unpaired) electrons. The lowest BCUT2D eigenvalue weighted by Crippen LogP contribution is -2.46. The van der Waals surface area contributed by atoms with Gasteiger partial charge in [-0.25, -0.2) is 4.98 Å². The van der Waals surface area contributed by atoms with E-state index in [0.717, 1.165) is 0 Å². The average molecular weight is 370 g/mol. The Balaban J connectivity index is 1.78. The highest BCUT2D eigenvalue weighted by Gasteiger charge is 2.61. The number of ether oxygens (including phenoxy) is 2. The molecule has 0 aliphatic carbocycles. The van der Waals surface area contributed by atoms with Crippen molar-refractivity contribution in [1.82, 2.24) is 19.5 Å². The Bertz CT molecular complexity index is 842. The van der Waals surface area contributed by atoms with Crippen molar-refractivity contribution in [3.63, 3.8) is 0 Å². The van der Waals surface area contributed by atoms with Crippen molar-refractivity contribution in [3.05, 3.63) is 6.33 Å². The summed E-state index contributed by atoms with van der Waals surface area (Å²) < 4.78 is 34.6. The van der Waals surface area contributed by atoms with Crippen molar-refractivity contribution < 1.29 is 28.2 Å². The lowest BCUT2D eigenvalue weighted by Gasteiger charge is -2.27. The quantitative estimate of drug-likeness (QED) is 0.734. The summed E-state index contributed by atoms with van der Waals surface area (Å²) in [6, 6.07) is 0. The van der Waals surface area contributed by atoms with Gasteiger partial charge in [0, 0.05) is 4.57 Å². The van der Waals surface area contributed by atoms with Crippen LogP contribution in [0.3, 0.4) is 0 Å². The molecule has 0 amide bonds. The molecule has 2 aliphatic heterocycles. The molecule has 1 unspecified atom stereocenters. The average Bonchev–Trinajstić information content (AvgIpc) is 3.07. The number of nitrogen functional groups attached to an aromatic ring is 1. The minimum atomic E-state index is -2.29. The van der Waals surface area contributed by atoms with Gasteiger partial charge in [0.25, 0.3) is 0 Å². The van der Waals surface area contributed by atoms with Gasteiger partial charge in [-0.2, -0.15) is 9.97 Å². The highest BCUT2D eigenvalue weighted by atomic mass is 31.1. The van der Waals surface area contributed by atoms with Gasteiger partial charge in [0.1, 0.15) is 18.3 Å². The summed E-state index contributed by atoms with van der Waals surface area (Å²) in [4.78, 5) is 12.5. The van der Waals surface area contributed by atoms with E-state index in [1.165, 1.54) is 17.8 Å². The minimum Gasteiger partial charge on any atom is -0.476 e. The van der Waals surface area contributed by atoms with Crippen LogP contribution in [0, 0.1) is 0 Å². The SMILES string of the molecule is CCOc1nc(N)nc2c1ncn2[C@@H]1O[C@@H]2CO[P+](=O)O[C@H]2[C@@]1(C)O. The van der Waals surface area contributed by atoms with Crippen molar-refractivity contribution in [2.24, 2.45) is 0 Å². The van der Waals surface area contributed by atoms with E-state index in [0.29, 0.717) is 17.8 Å². The number of hydrogen-bond donors (Lipinski definition) is 2. The van der Waals surface area contributed by atoms with Crippen LogP contribution in [0.1, 0.15) is 20.1 Å². The molecule has 0 aromatic carbocycles. The normalized spacial score (nSPS) is 33.6. The highest BCUT2D eigenvalue weighted by Crippen LogP contribution is 2.48. The van der Waals surface area contributed by atoms with Crippen molar-refractivity contribution in [2.75, 3.05) is 18.9 Å². The van der Waals surface area contributed by atoms with Crippen LogP contribution in [0.2, 0.25) is 0 Å². The van der Waals surface area contributed by atoms with Gasteiger partial charge in [-0.05, 0) is 13.8 Å². The van der Waals surface area contributed by atoms with Crippen LogP contribution in [0.5, 0.6) is 5.88 Å². The van der Waals surface area contributed by atoms with Crippen LogP contribution in [-0.4, -0.2) is 55.6 Å². The van der Waals surface area contributed by atoms with Gasteiger partial charge in [-0.3, -0.25) is 4.57 Å². The number of aliphatic hydroxyl groups is 1. The molecule has 5 atom stereocenters. The Morgan fingerprint density at radius 3 is 3.12 bits per heavy atom. The van der Waals surface area contributed by atoms with E-state index in [9.17, 15) is 9.67 Å². The fraction of sp³-hybridized carbons (Fsp3) is 0.615. The predicted octanol–water partition coefficient (Wildman–Crippen LogP) is 0.528. The second-order valence-electron chi connectivity index (χ2n) is 5.94. The highest BCUT2D eigenvalue weighted by molar-refractivity contribution is 7.33. The molecule has 0 saturated carbocycles. The van der Waals surface area contributed by atoms with E-state index in [1.54, 1.807) is 0 Å². The van der Waals surface area contributed by atoms with E-state index < -0.39 is 32.3 Å². The van der Waals surface area contributed by atoms with E-state index in [-0.39, 0.29) is 18.4 Å². The smallest absolute Gasteiger partial charge is 0.476 e. The maximum absolute atomic E-state index is 11.5. The largest absolute Gasteiger partial charge is 0.697 e. The first-order valence-corrected chi connectivity index (χ1v) is 8.79. The number of imidazole rings is 1. The molecule has 4 heterocycles. The summed E-state index contributed by atoms with van der Waals surface area (Å²) in [5, 5.41) is 11.0. The van der Waals surface area contributed by atoms with Crippen LogP contribution in [0.25, 0.3) is 11.2 Å². The number of hydrogen-bond acceptors (Lipinski definition) is 10. The Morgan fingerprint density at radius 1 is 1.56 bits per heavy atom. The van der Waals surface area contributed by atoms with Crippen LogP contribution < -0.4 is 10.5 Å². The van der Waals surface area contributed by atoms with E-state index >= 15 is 0 Å². The zero-order valence-electron chi connectivity index (χ0n) is 13.5. The zero-order chi connectivity index (χ0) is 17.8. The summed E-state index contributed by atoms with van der Waals surface area (Å²) in [7, 11) is -2.29. The van der Waals surface area contributed by atoms with Crippen LogP contribution in [0.15, 0.2) is 6.33 Å². The van der Waals surface area contributed by atoms with Crippen molar-refractivity contribution in [1.29, 1.82) is 0 Å². The van der Waals surface area contributed by atoms with E-state index in [4.69, 9.17) is 24.3 Å². The van der Waals surface area contributed by atoms with Gasteiger partial charge in [0.15, 0.2) is 23.5 Å². The molecule has 134 valence electrons. The third-order valence-electron chi connectivity index (χ3n) is 4.20. The Morgan fingerprint density at radius 2 is 2.36 bits per heavy atom. The molecule has 2 aliphatic rings. The molecule has 11 nitrogen and oxygen atoms in total. The summed E-state index contributed by atoms with van der Waals surface area (Å²) >= 11 is 0. The van der Waals surface area contributed by atoms with Gasteiger partial charge in [-0.1, -0.05) is 0 Å². The van der Waals surface area contributed by atoms with Gasteiger partial charge < -0.3 is 20.3 Å². The number of nitrogens with two attached hydrogens (primary N) is 1. The zero-order valence-corrected chi connectivity index (χ0v) is 14.4. The van der Waals surface area contributed by atoms with Crippen molar-refractivity contribution in [2.45, 2.75) is 37.9 Å². The molecule has 3 N–H and O–H groups in total. The molecule has 25 heavy (non-hydrogen) atoms. The first-order chi connectivity index (χ1) is 11.9. The molecule has 2 saturated heterocycles. The second kappa shape index (κ2) is 5.82. The predicted molar refractivity (Wildman–Crippen MR) is 83.9 cm³/mol. The molecule has 4 rings (SSSR count). The molecule has 2 fully saturated rings. The monoisotopic (exact) mass is 370 g/mol. The maximum atomic E-state index is 11.5. The number of rotatable bonds is 3. The third-order valence-corrected chi connectivity index (χ3v) is 4.96. The molecule has 2 aromatic heterocycles. The number of nitrogens with zero attached hydrogens (tertiary/aromatic N) is 4. The van der Waals surface area contributed by atoms with Gasteiger partial charge in [0.2, 0.25) is 11.8 Å². The fourth-order valence-corrected chi connectivity index (χ4v) is 3.98. The molecule has 2 aromatic rings. The Labute approximate surface area is 143 Å². The molecular formula is C13H17N5O6P+. The van der Waals surface area contributed by atoms with Crippen molar-refractivity contribution >= 4 is 25.4 Å². The van der Waals surface area contributed by atoms with E-state index in [2.05, 4.69) is 15.0 Å². The van der Waals surface area contributed by atoms with Gasteiger partial charge in [0.05, 0.1) is 12.9 Å². The topological polar surface area (TPSA) is 144 Å². The summed E-state index contributed by atoms with van der Waals surface area (Å²) in [6.07, 6.45) is -0.812. The summed E-state index contributed by atoms with van der Waals surface area (Å²) in [5.41, 5.74) is 5.02. The molecule has 0 spiro atoms. The van der Waals surface area contributed by atoms with E-state index in [1.807, 2.05) is 6.92 Å². The maximum Gasteiger partial charge on any atom is 0.697 e. The summed E-state index contributed by atoms with van der Waals surface area (Å²) in [5.74, 6) is 0.261. The van der Waals surface area contributed by atoms with Crippen LogP contribution in [0.4, 0.5) is 5.95 Å². The minimum absolute atomic E-state index is 0.00965. The first-order valence-electron chi connectivity index (χ1n) is 7.69. The molecular weight excluding hydrogens is 353 g/mol. The van der Waals surface area contributed by atoms with Crippen molar-refractivity contribution in [3.8, 4) is 5.88 Å². The number of aromatic nitrogens is 4. The second-order valence-corrected chi connectivity index (χ2v) is 6.86. The third kappa shape index (κ3) is 2.55. The molecule has 12 heteroatoms. The Hall–Kier alpha value is -1.91. The fourth-order valence-electron chi connectivity index (χ4n) is 3.11.